The molecule has 96 valence electrons. The zero-order chi connectivity index (χ0) is 11.4. The van der Waals surface area contributed by atoms with Crippen molar-refractivity contribution < 1.29 is 4.79 Å². The molecule has 16 heavy (non-hydrogen) atoms. The Morgan fingerprint density at radius 2 is 2.06 bits per heavy atom. The third-order valence-corrected chi connectivity index (χ3v) is 3.84. The maximum Gasteiger partial charge on any atom is 0.224 e. The van der Waals surface area contributed by atoms with E-state index in [0.29, 0.717) is 18.5 Å². The molecule has 0 bridgehead atoms. The van der Waals surface area contributed by atoms with E-state index in [2.05, 4.69) is 19.2 Å². The maximum atomic E-state index is 11.7. The number of carbonyl (C=O) groups excluding carboxylic acids is 1. The van der Waals surface area contributed by atoms with E-state index in [1.807, 2.05) is 6.92 Å². The van der Waals surface area contributed by atoms with Gasteiger partial charge in [0.15, 0.2) is 0 Å². The van der Waals surface area contributed by atoms with Gasteiger partial charge in [0.05, 0.1) is 0 Å². The molecular weight excluding hydrogens is 224 g/mol. The Morgan fingerprint density at radius 3 is 2.62 bits per heavy atom. The van der Waals surface area contributed by atoms with Crippen LogP contribution in [0.15, 0.2) is 0 Å². The number of nitrogens with two attached hydrogens (primary N) is 1. The summed E-state index contributed by atoms with van der Waals surface area (Å²) in [5, 5.41) is 3.13. The third kappa shape index (κ3) is 3.95. The molecule has 3 N–H and O–H groups in total. The first-order valence-electron chi connectivity index (χ1n) is 6.06. The molecule has 1 aliphatic carbocycles. The molecule has 0 heterocycles. The summed E-state index contributed by atoms with van der Waals surface area (Å²) in [7, 11) is 0. The minimum absolute atomic E-state index is 0. The number of nitrogens with one attached hydrogen (secondary N) is 1. The van der Waals surface area contributed by atoms with Gasteiger partial charge in [-0.25, -0.2) is 0 Å². The Hall–Kier alpha value is -0.280. The van der Waals surface area contributed by atoms with Gasteiger partial charge in [-0.1, -0.05) is 33.6 Å². The molecule has 1 rings (SSSR count). The summed E-state index contributed by atoms with van der Waals surface area (Å²) < 4.78 is 0. The molecule has 0 spiro atoms. The van der Waals surface area contributed by atoms with Crippen molar-refractivity contribution in [1.82, 2.24) is 5.32 Å². The van der Waals surface area contributed by atoms with Crippen molar-refractivity contribution in [3.05, 3.63) is 0 Å². The molecule has 0 aliphatic heterocycles. The standard InChI is InChI=1S/C12H24N2O.ClH/c1-8-5-4-6-11(10(8)3)14-12(15)9(2)7-13;/h8-11H,4-7,13H2,1-3H3,(H,14,15);1H. The summed E-state index contributed by atoms with van der Waals surface area (Å²) in [5.41, 5.74) is 5.48. The number of carbonyl (C=O) groups is 1. The Morgan fingerprint density at radius 1 is 1.44 bits per heavy atom. The van der Waals surface area contributed by atoms with E-state index in [9.17, 15) is 4.79 Å². The summed E-state index contributed by atoms with van der Waals surface area (Å²) in [5.74, 6) is 1.36. The van der Waals surface area contributed by atoms with Crippen molar-refractivity contribution in [2.75, 3.05) is 6.54 Å². The van der Waals surface area contributed by atoms with E-state index in [1.165, 1.54) is 12.8 Å². The Balaban J connectivity index is 0.00000225. The number of rotatable bonds is 3. The van der Waals surface area contributed by atoms with Crippen molar-refractivity contribution in [2.45, 2.75) is 46.1 Å². The van der Waals surface area contributed by atoms with Crippen LogP contribution < -0.4 is 11.1 Å². The Labute approximate surface area is 105 Å². The zero-order valence-electron chi connectivity index (χ0n) is 10.5. The quantitative estimate of drug-likeness (QED) is 0.802. The molecule has 0 aromatic carbocycles. The molecule has 1 fully saturated rings. The van der Waals surface area contributed by atoms with Crippen LogP contribution in [0.5, 0.6) is 0 Å². The number of hydrogen-bond acceptors (Lipinski definition) is 2. The lowest BCUT2D eigenvalue weighted by atomic mass is 9.78. The van der Waals surface area contributed by atoms with E-state index < -0.39 is 0 Å². The summed E-state index contributed by atoms with van der Waals surface area (Å²) in [6.07, 6.45) is 3.64. The van der Waals surface area contributed by atoms with Crippen LogP contribution in [0.3, 0.4) is 0 Å². The fourth-order valence-corrected chi connectivity index (χ4v) is 2.22. The molecule has 1 aliphatic rings. The monoisotopic (exact) mass is 248 g/mol. The third-order valence-electron chi connectivity index (χ3n) is 3.84. The Bertz CT molecular complexity index is 223. The second-order valence-corrected chi connectivity index (χ2v) is 5.02. The first kappa shape index (κ1) is 15.7. The minimum atomic E-state index is -0.0607. The van der Waals surface area contributed by atoms with E-state index in [1.54, 1.807) is 0 Å². The fraction of sp³-hybridized carbons (Fsp3) is 0.917. The van der Waals surface area contributed by atoms with Crippen LogP contribution in [0.4, 0.5) is 0 Å². The predicted octanol–water partition coefficient (Wildman–Crippen LogP) is 1.94. The Kier molecular flexibility index (Phi) is 7.00. The van der Waals surface area contributed by atoms with Gasteiger partial charge in [-0.3, -0.25) is 4.79 Å². The number of halogens is 1. The molecule has 1 amide bonds. The van der Waals surface area contributed by atoms with Gasteiger partial charge in [-0.2, -0.15) is 0 Å². The first-order valence-corrected chi connectivity index (χ1v) is 6.06. The molecule has 4 heteroatoms. The molecule has 4 unspecified atom stereocenters. The van der Waals surface area contributed by atoms with Crippen LogP contribution in [-0.2, 0) is 4.79 Å². The van der Waals surface area contributed by atoms with Crippen molar-refractivity contribution in [1.29, 1.82) is 0 Å². The van der Waals surface area contributed by atoms with Crippen molar-refractivity contribution in [3.8, 4) is 0 Å². The van der Waals surface area contributed by atoms with Gasteiger partial charge in [0.1, 0.15) is 0 Å². The molecule has 0 aromatic rings. The van der Waals surface area contributed by atoms with E-state index in [-0.39, 0.29) is 24.2 Å². The van der Waals surface area contributed by atoms with Gasteiger partial charge in [0.2, 0.25) is 5.91 Å². The lowest BCUT2D eigenvalue weighted by Crippen LogP contribution is -2.46. The average molecular weight is 249 g/mol. The predicted molar refractivity (Wildman–Crippen MR) is 69.6 cm³/mol. The summed E-state index contributed by atoms with van der Waals surface area (Å²) >= 11 is 0. The van der Waals surface area contributed by atoms with Crippen LogP contribution >= 0.6 is 12.4 Å². The van der Waals surface area contributed by atoms with Crippen LogP contribution in [0.1, 0.15) is 40.0 Å². The molecule has 0 radical (unpaired) electrons. The molecule has 1 saturated carbocycles. The minimum Gasteiger partial charge on any atom is -0.353 e. The number of hydrogen-bond donors (Lipinski definition) is 2. The van der Waals surface area contributed by atoms with E-state index in [4.69, 9.17) is 5.73 Å². The van der Waals surface area contributed by atoms with Gasteiger partial charge >= 0.3 is 0 Å². The summed E-state index contributed by atoms with van der Waals surface area (Å²) in [6.45, 7) is 6.83. The zero-order valence-corrected chi connectivity index (χ0v) is 11.3. The van der Waals surface area contributed by atoms with Crippen molar-refractivity contribution in [2.24, 2.45) is 23.5 Å². The van der Waals surface area contributed by atoms with Gasteiger partial charge in [0, 0.05) is 18.5 Å². The largest absolute Gasteiger partial charge is 0.353 e. The van der Waals surface area contributed by atoms with Gasteiger partial charge in [-0.15, -0.1) is 12.4 Å². The maximum absolute atomic E-state index is 11.7. The second-order valence-electron chi connectivity index (χ2n) is 5.02. The van der Waals surface area contributed by atoms with Crippen LogP contribution in [0.25, 0.3) is 0 Å². The van der Waals surface area contributed by atoms with E-state index in [0.717, 1.165) is 12.3 Å². The normalized spacial score (nSPS) is 31.4. The molecule has 3 nitrogen and oxygen atoms in total. The highest BCUT2D eigenvalue weighted by Crippen LogP contribution is 2.29. The van der Waals surface area contributed by atoms with Gasteiger partial charge in [-0.05, 0) is 18.3 Å². The summed E-state index contributed by atoms with van der Waals surface area (Å²) in [6, 6.07) is 0.357. The highest BCUT2D eigenvalue weighted by molar-refractivity contribution is 5.85. The SMILES string of the molecule is CC(CN)C(=O)NC1CCCC(C)C1C.Cl. The van der Waals surface area contributed by atoms with Crippen LogP contribution in [0, 0.1) is 17.8 Å². The molecule has 0 aromatic heterocycles. The lowest BCUT2D eigenvalue weighted by Gasteiger charge is -2.35. The first-order chi connectivity index (χ1) is 7.06. The van der Waals surface area contributed by atoms with Crippen molar-refractivity contribution in [3.63, 3.8) is 0 Å². The number of amides is 1. The van der Waals surface area contributed by atoms with Crippen LogP contribution in [-0.4, -0.2) is 18.5 Å². The molecular formula is C12H25ClN2O. The van der Waals surface area contributed by atoms with Crippen LogP contribution in [0.2, 0.25) is 0 Å². The summed E-state index contributed by atoms with van der Waals surface area (Å²) in [4.78, 5) is 11.7. The average Bonchev–Trinajstić information content (AvgIpc) is 2.23. The fourth-order valence-electron chi connectivity index (χ4n) is 2.22. The van der Waals surface area contributed by atoms with Gasteiger partial charge in [0.25, 0.3) is 0 Å². The molecule has 0 saturated heterocycles. The van der Waals surface area contributed by atoms with Gasteiger partial charge < -0.3 is 11.1 Å². The van der Waals surface area contributed by atoms with Crippen molar-refractivity contribution >= 4 is 18.3 Å². The second kappa shape index (κ2) is 7.13. The molecule has 4 atom stereocenters. The lowest BCUT2D eigenvalue weighted by molar-refractivity contribution is -0.125. The highest BCUT2D eigenvalue weighted by atomic mass is 35.5. The smallest absolute Gasteiger partial charge is 0.224 e. The highest BCUT2D eigenvalue weighted by Gasteiger charge is 2.28. The van der Waals surface area contributed by atoms with E-state index >= 15 is 0 Å². The topological polar surface area (TPSA) is 55.1 Å².